The van der Waals surface area contributed by atoms with Crippen LogP contribution in [0.25, 0.3) is 39.0 Å². The van der Waals surface area contributed by atoms with Crippen LogP contribution in [0.3, 0.4) is 0 Å². The Morgan fingerprint density at radius 3 is 1.78 bits per heavy atom. The van der Waals surface area contributed by atoms with E-state index in [1.165, 1.54) is 38.9 Å². The van der Waals surface area contributed by atoms with Gasteiger partial charge in [-0.25, -0.2) is 4.98 Å². The van der Waals surface area contributed by atoms with E-state index in [1.54, 1.807) is 0 Å². The third kappa shape index (κ3) is 4.52. The molecule has 2 aromatic heterocycles. The lowest BCUT2D eigenvalue weighted by atomic mass is 9.98. The molecule has 0 saturated carbocycles. The smallest absolute Gasteiger partial charge is 0.146 e. The molecule has 0 spiro atoms. The van der Waals surface area contributed by atoms with Crippen molar-refractivity contribution in [2.24, 2.45) is 0 Å². The summed E-state index contributed by atoms with van der Waals surface area (Å²) in [6.07, 6.45) is 2.11. The van der Waals surface area contributed by atoms with Crippen LogP contribution in [0, 0.1) is 20.8 Å². The van der Waals surface area contributed by atoms with Crippen molar-refractivity contribution in [2.45, 2.75) is 20.8 Å². The fourth-order valence-electron chi connectivity index (χ4n) is 5.14. The van der Waals surface area contributed by atoms with Crippen LogP contribution in [0.2, 0.25) is 0 Å². The molecule has 3 nitrogen and oxygen atoms in total. The average Bonchev–Trinajstić information content (AvgIpc) is 3.35. The van der Waals surface area contributed by atoms with Crippen LogP contribution in [-0.2, 0) is 0 Å². The van der Waals surface area contributed by atoms with Crippen LogP contribution in [0.15, 0.2) is 115 Å². The van der Waals surface area contributed by atoms with Crippen molar-refractivity contribution < 1.29 is 0 Å². The van der Waals surface area contributed by atoms with E-state index >= 15 is 0 Å². The first-order chi connectivity index (χ1) is 18.0. The topological polar surface area (TPSA) is 29.9 Å². The van der Waals surface area contributed by atoms with Crippen molar-refractivity contribution in [2.75, 3.05) is 5.32 Å². The maximum absolute atomic E-state index is 5.07. The molecule has 0 fully saturated rings. The number of hydrogen-bond acceptors (Lipinski definition) is 2. The molecule has 0 atom stereocenters. The molecule has 0 bridgehead atoms. The zero-order valence-electron chi connectivity index (χ0n) is 21.4. The minimum Gasteiger partial charge on any atom is -0.340 e. The highest BCUT2D eigenvalue weighted by Crippen LogP contribution is 2.32. The Morgan fingerprint density at radius 2 is 1.19 bits per heavy atom. The van der Waals surface area contributed by atoms with Gasteiger partial charge < -0.3 is 9.88 Å². The molecular weight excluding hydrogens is 450 g/mol. The Labute approximate surface area is 218 Å². The summed E-state index contributed by atoms with van der Waals surface area (Å²) in [4.78, 5) is 5.07. The predicted molar refractivity (Wildman–Crippen MR) is 156 cm³/mol. The quantitative estimate of drug-likeness (QED) is 0.267. The molecule has 4 aromatic carbocycles. The van der Waals surface area contributed by atoms with Gasteiger partial charge >= 0.3 is 0 Å². The first-order valence-corrected chi connectivity index (χ1v) is 12.6. The largest absolute Gasteiger partial charge is 0.340 e. The predicted octanol–water partition coefficient (Wildman–Crippen LogP) is 9.03. The van der Waals surface area contributed by atoms with Gasteiger partial charge in [0.2, 0.25) is 0 Å². The molecule has 6 aromatic rings. The molecule has 0 amide bonds. The highest BCUT2D eigenvalue weighted by atomic mass is 15.1. The lowest BCUT2D eigenvalue weighted by Crippen LogP contribution is -2.01. The van der Waals surface area contributed by atoms with Gasteiger partial charge in [0.15, 0.2) is 0 Å². The van der Waals surface area contributed by atoms with Crippen molar-refractivity contribution in [3.8, 4) is 27.9 Å². The average molecular weight is 480 g/mol. The minimum absolute atomic E-state index is 0.838. The van der Waals surface area contributed by atoms with Gasteiger partial charge in [-0.3, -0.25) is 0 Å². The summed E-state index contributed by atoms with van der Waals surface area (Å²) in [6.45, 7) is 6.42. The number of pyridine rings is 1. The van der Waals surface area contributed by atoms with Gasteiger partial charge in [-0.1, -0.05) is 78.4 Å². The molecule has 3 heteroatoms. The van der Waals surface area contributed by atoms with E-state index in [-0.39, 0.29) is 0 Å². The van der Waals surface area contributed by atoms with Crippen molar-refractivity contribution >= 4 is 22.5 Å². The van der Waals surface area contributed by atoms with Gasteiger partial charge in [0.05, 0.1) is 0 Å². The van der Waals surface area contributed by atoms with Crippen LogP contribution in [0.5, 0.6) is 0 Å². The zero-order valence-corrected chi connectivity index (χ0v) is 21.4. The Balaban J connectivity index is 1.48. The van der Waals surface area contributed by atoms with Gasteiger partial charge in [0, 0.05) is 23.0 Å². The summed E-state index contributed by atoms with van der Waals surface area (Å²) in [5.41, 5.74) is 11.6. The number of anilines is 2. The molecule has 0 aliphatic heterocycles. The maximum atomic E-state index is 5.07. The molecular formula is C34H29N3. The van der Waals surface area contributed by atoms with Crippen LogP contribution in [-0.4, -0.2) is 9.55 Å². The number of hydrogen-bond donors (Lipinski definition) is 1. The molecule has 1 N–H and O–H groups in total. The van der Waals surface area contributed by atoms with E-state index in [2.05, 4.69) is 146 Å². The second-order valence-corrected chi connectivity index (χ2v) is 9.69. The number of nitrogens with zero attached hydrogens (tertiary/aromatic N) is 2. The third-order valence-corrected chi connectivity index (χ3v) is 6.88. The monoisotopic (exact) mass is 479 g/mol. The molecule has 0 aliphatic rings. The number of aryl methyl sites for hydroxylation is 3. The molecule has 37 heavy (non-hydrogen) atoms. The van der Waals surface area contributed by atoms with Gasteiger partial charge in [0.1, 0.15) is 11.5 Å². The van der Waals surface area contributed by atoms with Gasteiger partial charge in [-0.05, 0) is 90.6 Å². The number of fused-ring (bicyclic) bond motifs is 1. The summed E-state index contributed by atoms with van der Waals surface area (Å²) in [5.74, 6) is 0.838. The summed E-state index contributed by atoms with van der Waals surface area (Å²) < 4.78 is 2.19. The van der Waals surface area contributed by atoms with Crippen LogP contribution >= 0.6 is 0 Å². The molecule has 0 aliphatic carbocycles. The second kappa shape index (κ2) is 9.44. The lowest BCUT2D eigenvalue weighted by molar-refractivity contribution is 1.09. The summed E-state index contributed by atoms with van der Waals surface area (Å²) >= 11 is 0. The van der Waals surface area contributed by atoms with Crippen LogP contribution < -0.4 is 5.32 Å². The standard InChI is InChI=1S/C34H29N3/c1-23-18-24(2)33(25(3)19-23)35-32-15-14-28-16-17-37(34(28)36-32)31-21-29(26-10-6-4-7-11-26)20-30(22-31)27-12-8-5-9-13-27/h4-22H,1-3H3,(H,35,36). The van der Waals surface area contributed by atoms with E-state index in [0.29, 0.717) is 0 Å². The maximum Gasteiger partial charge on any atom is 0.146 e. The van der Waals surface area contributed by atoms with E-state index < -0.39 is 0 Å². The van der Waals surface area contributed by atoms with E-state index in [4.69, 9.17) is 4.98 Å². The fraction of sp³-hybridized carbons (Fsp3) is 0.0882. The van der Waals surface area contributed by atoms with Crippen molar-refractivity contribution in [3.63, 3.8) is 0 Å². The second-order valence-electron chi connectivity index (χ2n) is 9.69. The van der Waals surface area contributed by atoms with Crippen molar-refractivity contribution in [1.82, 2.24) is 9.55 Å². The lowest BCUT2D eigenvalue weighted by Gasteiger charge is -2.15. The van der Waals surface area contributed by atoms with Crippen molar-refractivity contribution in [1.29, 1.82) is 0 Å². The third-order valence-electron chi connectivity index (χ3n) is 6.88. The molecule has 6 rings (SSSR count). The SMILES string of the molecule is Cc1cc(C)c(Nc2ccc3ccn(-c4cc(-c5ccccc5)cc(-c5ccccc5)c4)c3n2)c(C)c1. The summed E-state index contributed by atoms with van der Waals surface area (Å²) in [5, 5.41) is 4.68. The Hall–Kier alpha value is -4.63. The number of rotatable bonds is 5. The summed E-state index contributed by atoms with van der Waals surface area (Å²) in [7, 11) is 0. The molecule has 0 unspecified atom stereocenters. The minimum atomic E-state index is 0.838. The Bertz CT molecular complexity index is 1630. The molecule has 180 valence electrons. The Morgan fingerprint density at radius 1 is 0.595 bits per heavy atom. The fourth-order valence-corrected chi connectivity index (χ4v) is 5.14. The van der Waals surface area contributed by atoms with Gasteiger partial charge in [0.25, 0.3) is 0 Å². The van der Waals surface area contributed by atoms with Gasteiger partial charge in [-0.15, -0.1) is 0 Å². The molecule has 0 saturated heterocycles. The number of aromatic nitrogens is 2. The van der Waals surface area contributed by atoms with E-state index in [1.807, 2.05) is 0 Å². The highest BCUT2D eigenvalue weighted by molar-refractivity contribution is 5.83. The zero-order chi connectivity index (χ0) is 25.4. The highest BCUT2D eigenvalue weighted by Gasteiger charge is 2.12. The van der Waals surface area contributed by atoms with E-state index in [9.17, 15) is 0 Å². The van der Waals surface area contributed by atoms with Crippen LogP contribution in [0.1, 0.15) is 16.7 Å². The van der Waals surface area contributed by atoms with Crippen LogP contribution in [0.4, 0.5) is 11.5 Å². The van der Waals surface area contributed by atoms with E-state index in [0.717, 1.165) is 28.2 Å². The molecule has 2 heterocycles. The molecule has 0 radical (unpaired) electrons. The first-order valence-electron chi connectivity index (χ1n) is 12.6. The van der Waals surface area contributed by atoms with Gasteiger partial charge in [-0.2, -0.15) is 0 Å². The Kier molecular flexibility index (Phi) is 5.82. The summed E-state index contributed by atoms with van der Waals surface area (Å²) in [6, 6.07) is 38.6. The van der Waals surface area contributed by atoms with Crippen molar-refractivity contribution in [3.05, 3.63) is 132 Å². The number of nitrogens with one attached hydrogen (secondary N) is 1. The first kappa shape index (κ1) is 22.8. The number of benzene rings is 4. The normalized spacial score (nSPS) is 11.1.